The third-order valence-corrected chi connectivity index (χ3v) is 4.13. The number of esters is 2. The molecule has 0 bridgehead atoms. The second-order valence-corrected chi connectivity index (χ2v) is 6.09. The van der Waals surface area contributed by atoms with E-state index < -0.39 is 0 Å². The number of methoxy groups -OCH3 is 1. The highest BCUT2D eigenvalue weighted by molar-refractivity contribution is 5.94. The van der Waals surface area contributed by atoms with Crippen LogP contribution < -0.4 is 4.74 Å². The lowest BCUT2D eigenvalue weighted by Gasteiger charge is -2.06. The van der Waals surface area contributed by atoms with Crippen LogP contribution in [0.2, 0.25) is 0 Å². The zero-order valence-corrected chi connectivity index (χ0v) is 15.9. The Labute approximate surface area is 162 Å². The molecule has 0 saturated heterocycles. The number of nitrogens with one attached hydrogen (secondary N) is 1. The van der Waals surface area contributed by atoms with Crippen LogP contribution in [0.5, 0.6) is 5.75 Å². The van der Waals surface area contributed by atoms with Crippen molar-refractivity contribution in [3.05, 3.63) is 48.0 Å². The van der Waals surface area contributed by atoms with Crippen molar-refractivity contribution in [3.63, 3.8) is 0 Å². The molecule has 1 heterocycles. The average Bonchev–Trinajstić information content (AvgIpc) is 3.14. The molecule has 7 heteroatoms. The quantitative estimate of drug-likeness (QED) is 0.471. The highest BCUT2D eigenvalue weighted by atomic mass is 16.5. The van der Waals surface area contributed by atoms with Crippen LogP contribution in [-0.4, -0.2) is 42.2 Å². The van der Waals surface area contributed by atoms with Crippen LogP contribution in [0.25, 0.3) is 22.4 Å². The van der Waals surface area contributed by atoms with Crippen LogP contribution >= 0.6 is 0 Å². The molecule has 146 valence electrons. The first kappa shape index (κ1) is 19.4. The maximum absolute atomic E-state index is 11.7. The lowest BCUT2D eigenvalue weighted by atomic mass is 10.2. The highest BCUT2D eigenvalue weighted by Gasteiger charge is 2.10. The Morgan fingerprint density at radius 1 is 1.11 bits per heavy atom. The average molecular weight is 382 g/mol. The van der Waals surface area contributed by atoms with Crippen LogP contribution in [0.15, 0.2) is 42.5 Å². The van der Waals surface area contributed by atoms with E-state index in [0.29, 0.717) is 37.4 Å². The van der Waals surface area contributed by atoms with Gasteiger partial charge in [0.25, 0.3) is 0 Å². The summed E-state index contributed by atoms with van der Waals surface area (Å²) in [5.74, 6) is 0.826. The minimum Gasteiger partial charge on any atom is -0.494 e. The van der Waals surface area contributed by atoms with Crippen molar-refractivity contribution in [2.75, 3.05) is 20.3 Å². The van der Waals surface area contributed by atoms with Crippen molar-refractivity contribution in [1.29, 1.82) is 0 Å². The van der Waals surface area contributed by atoms with Gasteiger partial charge in [-0.3, -0.25) is 4.79 Å². The van der Waals surface area contributed by atoms with Gasteiger partial charge in [0.2, 0.25) is 0 Å². The number of aromatic amines is 1. The molecule has 3 rings (SSSR count). The van der Waals surface area contributed by atoms with Crippen LogP contribution in [0, 0.1) is 0 Å². The molecule has 0 spiro atoms. The van der Waals surface area contributed by atoms with Crippen LogP contribution in [0.4, 0.5) is 0 Å². The van der Waals surface area contributed by atoms with Crippen molar-refractivity contribution in [2.45, 2.75) is 19.8 Å². The SMILES string of the molecule is CCOC(=O)CCCOc1ccc(-c2nc3ccc(C(=O)OC)cc3[nH]2)cc1. The standard InChI is InChI=1S/C21H22N2O5/c1-3-27-19(24)5-4-12-28-16-9-6-14(7-10-16)20-22-17-11-8-15(21(25)26-2)13-18(17)23-20/h6-11,13H,3-5,12H2,1-2H3,(H,22,23). The first-order valence-electron chi connectivity index (χ1n) is 9.07. The van der Waals surface area contributed by atoms with Crippen LogP contribution in [0.1, 0.15) is 30.1 Å². The fraction of sp³-hybridized carbons (Fsp3) is 0.286. The number of imidazole rings is 1. The molecule has 0 saturated carbocycles. The summed E-state index contributed by atoms with van der Waals surface area (Å²) < 4.78 is 15.3. The summed E-state index contributed by atoms with van der Waals surface area (Å²) in [5, 5.41) is 0. The van der Waals surface area contributed by atoms with Gasteiger partial charge >= 0.3 is 11.9 Å². The van der Waals surface area contributed by atoms with Crippen molar-refractivity contribution >= 4 is 23.0 Å². The fourth-order valence-electron chi connectivity index (χ4n) is 2.74. The van der Waals surface area contributed by atoms with Crippen molar-refractivity contribution < 1.29 is 23.8 Å². The molecule has 0 fully saturated rings. The molecule has 1 N–H and O–H groups in total. The summed E-state index contributed by atoms with van der Waals surface area (Å²) in [6, 6.07) is 12.7. The molecule has 2 aromatic carbocycles. The molecule has 3 aromatic rings. The Morgan fingerprint density at radius 2 is 1.89 bits per heavy atom. The summed E-state index contributed by atoms with van der Waals surface area (Å²) in [4.78, 5) is 30.7. The van der Waals surface area contributed by atoms with Gasteiger partial charge in [0.05, 0.1) is 36.9 Å². The number of carbonyl (C=O) groups is 2. The molecule has 28 heavy (non-hydrogen) atoms. The van der Waals surface area contributed by atoms with Crippen molar-refractivity contribution in [2.24, 2.45) is 0 Å². The van der Waals surface area contributed by atoms with Crippen LogP contribution in [-0.2, 0) is 14.3 Å². The number of nitrogens with zero attached hydrogens (tertiary/aromatic N) is 1. The van der Waals surface area contributed by atoms with Gasteiger partial charge in [-0.1, -0.05) is 0 Å². The van der Waals surface area contributed by atoms with Crippen molar-refractivity contribution in [3.8, 4) is 17.1 Å². The second kappa shape index (κ2) is 9.03. The number of hydrogen-bond acceptors (Lipinski definition) is 6. The molecule has 0 aliphatic heterocycles. The maximum atomic E-state index is 11.7. The monoisotopic (exact) mass is 382 g/mol. The van der Waals surface area contributed by atoms with Gasteiger partial charge in [-0.25, -0.2) is 9.78 Å². The van der Waals surface area contributed by atoms with E-state index in [1.807, 2.05) is 24.3 Å². The summed E-state index contributed by atoms with van der Waals surface area (Å²) in [5.41, 5.74) is 2.89. The third kappa shape index (κ3) is 4.68. The van der Waals surface area contributed by atoms with Gasteiger partial charge in [0.1, 0.15) is 11.6 Å². The molecular weight excluding hydrogens is 360 g/mol. The Balaban J connectivity index is 1.63. The summed E-state index contributed by atoms with van der Waals surface area (Å²) >= 11 is 0. The Hall–Kier alpha value is -3.35. The number of ether oxygens (including phenoxy) is 3. The number of benzene rings is 2. The van der Waals surface area contributed by atoms with E-state index in [1.54, 1.807) is 25.1 Å². The summed E-state index contributed by atoms with van der Waals surface area (Å²) in [7, 11) is 1.35. The van der Waals surface area contributed by atoms with E-state index in [0.717, 1.165) is 22.3 Å². The number of rotatable bonds is 8. The van der Waals surface area contributed by atoms with E-state index in [1.165, 1.54) is 7.11 Å². The van der Waals surface area contributed by atoms with Gasteiger partial charge in [-0.05, 0) is 55.8 Å². The fourth-order valence-corrected chi connectivity index (χ4v) is 2.74. The number of hydrogen-bond donors (Lipinski definition) is 1. The van der Waals surface area contributed by atoms with Gasteiger partial charge in [-0.2, -0.15) is 0 Å². The highest BCUT2D eigenvalue weighted by Crippen LogP contribution is 2.24. The predicted molar refractivity (Wildman–Crippen MR) is 104 cm³/mol. The number of H-pyrrole nitrogens is 1. The molecule has 0 amide bonds. The van der Waals surface area contributed by atoms with E-state index in [4.69, 9.17) is 14.2 Å². The maximum Gasteiger partial charge on any atom is 0.337 e. The van der Waals surface area contributed by atoms with Gasteiger partial charge in [0, 0.05) is 12.0 Å². The van der Waals surface area contributed by atoms with E-state index in [9.17, 15) is 9.59 Å². The molecular formula is C21H22N2O5. The predicted octanol–water partition coefficient (Wildman–Crippen LogP) is 3.74. The number of aromatic nitrogens is 2. The van der Waals surface area contributed by atoms with E-state index >= 15 is 0 Å². The molecule has 0 aliphatic carbocycles. The van der Waals surface area contributed by atoms with Gasteiger partial charge < -0.3 is 19.2 Å². The largest absolute Gasteiger partial charge is 0.494 e. The van der Waals surface area contributed by atoms with Crippen molar-refractivity contribution in [1.82, 2.24) is 9.97 Å². The summed E-state index contributed by atoms with van der Waals surface area (Å²) in [6.07, 6.45) is 0.950. The minimum atomic E-state index is -0.387. The van der Waals surface area contributed by atoms with E-state index in [-0.39, 0.29) is 11.9 Å². The first-order valence-corrected chi connectivity index (χ1v) is 9.07. The Bertz CT molecular complexity index is 963. The summed E-state index contributed by atoms with van der Waals surface area (Å²) in [6.45, 7) is 2.63. The lowest BCUT2D eigenvalue weighted by molar-refractivity contribution is -0.143. The van der Waals surface area contributed by atoms with Gasteiger partial charge in [0.15, 0.2) is 0 Å². The minimum absolute atomic E-state index is 0.207. The number of fused-ring (bicyclic) bond motifs is 1. The van der Waals surface area contributed by atoms with Crippen LogP contribution in [0.3, 0.4) is 0 Å². The molecule has 0 atom stereocenters. The zero-order valence-electron chi connectivity index (χ0n) is 15.9. The molecule has 1 aromatic heterocycles. The topological polar surface area (TPSA) is 90.5 Å². The lowest BCUT2D eigenvalue weighted by Crippen LogP contribution is -2.06. The Morgan fingerprint density at radius 3 is 2.61 bits per heavy atom. The second-order valence-electron chi connectivity index (χ2n) is 6.09. The Kier molecular flexibility index (Phi) is 6.26. The first-order chi connectivity index (χ1) is 13.6. The normalized spacial score (nSPS) is 10.6. The zero-order chi connectivity index (χ0) is 19.9. The molecule has 0 unspecified atom stereocenters. The smallest absolute Gasteiger partial charge is 0.337 e. The van der Waals surface area contributed by atoms with E-state index in [2.05, 4.69) is 9.97 Å². The molecule has 0 aliphatic rings. The van der Waals surface area contributed by atoms with Gasteiger partial charge in [-0.15, -0.1) is 0 Å². The molecule has 0 radical (unpaired) electrons. The molecule has 7 nitrogen and oxygen atoms in total. The number of carbonyl (C=O) groups excluding carboxylic acids is 2. The third-order valence-electron chi connectivity index (χ3n) is 4.13.